The zero-order valence-corrected chi connectivity index (χ0v) is 11.6. The third-order valence-corrected chi connectivity index (χ3v) is 3.44. The van der Waals surface area contributed by atoms with Crippen molar-refractivity contribution in [2.45, 2.75) is 6.04 Å². The Morgan fingerprint density at radius 3 is 2.57 bits per heavy atom. The average molecular weight is 275 g/mol. The summed E-state index contributed by atoms with van der Waals surface area (Å²) in [6, 6.07) is 13.6. The van der Waals surface area contributed by atoms with Crippen LogP contribution in [0.25, 0.3) is 11.6 Å². The molecule has 0 amide bonds. The lowest BCUT2D eigenvalue weighted by atomic mass is 9.93. The van der Waals surface area contributed by atoms with E-state index in [1.807, 2.05) is 60.7 Å². The number of nitrogens with two attached hydrogens (primary N) is 2. The van der Waals surface area contributed by atoms with Crippen LogP contribution in [0.5, 0.6) is 0 Å². The van der Waals surface area contributed by atoms with E-state index < -0.39 is 0 Å². The summed E-state index contributed by atoms with van der Waals surface area (Å²) < 4.78 is 0. The number of nitrogens with zero attached hydrogens (tertiary/aromatic N) is 1. The molecule has 0 fully saturated rings. The summed E-state index contributed by atoms with van der Waals surface area (Å²) in [7, 11) is 0. The van der Waals surface area contributed by atoms with Crippen molar-refractivity contribution in [2.75, 3.05) is 5.73 Å². The molecule has 1 aromatic carbocycles. The lowest BCUT2D eigenvalue weighted by Crippen LogP contribution is -2.20. The number of hydrogen-bond acceptors (Lipinski definition) is 3. The molecule has 1 atom stereocenters. The number of rotatable bonds is 2. The van der Waals surface area contributed by atoms with Gasteiger partial charge in [0.25, 0.3) is 0 Å². The fourth-order valence-corrected chi connectivity index (χ4v) is 2.27. The molecule has 0 aliphatic heterocycles. The normalized spacial score (nSPS) is 19.6. The second-order valence-electron chi connectivity index (χ2n) is 5.01. The van der Waals surface area contributed by atoms with Crippen LogP contribution in [0.15, 0.2) is 72.5 Å². The number of benzene rings is 1. The van der Waals surface area contributed by atoms with Crippen LogP contribution in [-0.4, -0.2) is 11.0 Å². The van der Waals surface area contributed by atoms with Crippen molar-refractivity contribution >= 4 is 17.3 Å². The highest BCUT2D eigenvalue weighted by Crippen LogP contribution is 2.25. The van der Waals surface area contributed by atoms with Gasteiger partial charge in [-0.15, -0.1) is 0 Å². The molecule has 21 heavy (non-hydrogen) atoms. The highest BCUT2D eigenvalue weighted by atomic mass is 14.7. The van der Waals surface area contributed by atoms with Crippen molar-refractivity contribution in [1.82, 2.24) is 4.98 Å². The minimum atomic E-state index is -0.107. The first-order valence-corrected chi connectivity index (χ1v) is 6.86. The molecule has 3 nitrogen and oxygen atoms in total. The molecule has 3 heteroatoms. The monoisotopic (exact) mass is 275 g/mol. The number of nitrogen functional groups attached to an aromatic ring is 1. The molecular formula is C18H17N3. The average Bonchev–Trinajstić information content (AvgIpc) is 2.51. The molecule has 3 rings (SSSR count). The molecule has 0 bridgehead atoms. The Bertz CT molecular complexity index is 710. The fourth-order valence-electron chi connectivity index (χ4n) is 2.27. The van der Waals surface area contributed by atoms with Crippen LogP contribution in [0.2, 0.25) is 0 Å². The Labute approximate surface area is 124 Å². The van der Waals surface area contributed by atoms with E-state index >= 15 is 0 Å². The molecule has 2 aromatic rings. The van der Waals surface area contributed by atoms with Gasteiger partial charge in [0.15, 0.2) is 0 Å². The van der Waals surface area contributed by atoms with Gasteiger partial charge < -0.3 is 11.5 Å². The Morgan fingerprint density at radius 1 is 1.05 bits per heavy atom. The smallest absolute Gasteiger partial charge is 0.0633 e. The molecule has 1 aromatic heterocycles. The van der Waals surface area contributed by atoms with E-state index in [1.165, 1.54) is 0 Å². The molecule has 0 saturated heterocycles. The molecule has 1 heterocycles. The highest BCUT2D eigenvalue weighted by molar-refractivity contribution is 5.80. The van der Waals surface area contributed by atoms with Crippen LogP contribution >= 0.6 is 0 Å². The number of allylic oxidation sites excluding steroid dienone is 2. The van der Waals surface area contributed by atoms with Crippen LogP contribution in [0.1, 0.15) is 11.3 Å². The van der Waals surface area contributed by atoms with Crippen LogP contribution in [0.4, 0.5) is 5.69 Å². The van der Waals surface area contributed by atoms with E-state index in [0.717, 1.165) is 28.1 Å². The number of pyridine rings is 1. The predicted octanol–water partition coefficient (Wildman–Crippen LogP) is 3.03. The van der Waals surface area contributed by atoms with E-state index in [2.05, 4.69) is 11.1 Å². The van der Waals surface area contributed by atoms with Crippen molar-refractivity contribution < 1.29 is 0 Å². The minimum absolute atomic E-state index is 0.107. The molecule has 1 aliphatic carbocycles. The maximum atomic E-state index is 6.14. The first-order chi connectivity index (χ1) is 10.2. The molecule has 0 spiro atoms. The van der Waals surface area contributed by atoms with Crippen molar-refractivity contribution in [1.29, 1.82) is 0 Å². The predicted molar refractivity (Wildman–Crippen MR) is 88.2 cm³/mol. The second kappa shape index (κ2) is 5.77. The van der Waals surface area contributed by atoms with Gasteiger partial charge in [-0.05, 0) is 53.1 Å². The van der Waals surface area contributed by atoms with E-state index in [-0.39, 0.29) is 6.04 Å². The Kier molecular flexibility index (Phi) is 3.67. The van der Waals surface area contributed by atoms with Gasteiger partial charge in [0, 0.05) is 17.9 Å². The van der Waals surface area contributed by atoms with Gasteiger partial charge in [-0.25, -0.2) is 0 Å². The first kappa shape index (κ1) is 13.3. The lowest BCUT2D eigenvalue weighted by molar-refractivity contribution is 0.980. The van der Waals surface area contributed by atoms with Gasteiger partial charge in [0.2, 0.25) is 0 Å². The standard InChI is InChI=1S/C18H17N3/c19-16-7-4-13(5-8-16)14-6-9-18(20)15(11-14)12-17-3-1-2-10-21-17/h1-12,18H,19-20H2. The number of hydrogen-bond donors (Lipinski definition) is 2. The topological polar surface area (TPSA) is 64.9 Å². The summed E-state index contributed by atoms with van der Waals surface area (Å²) in [4.78, 5) is 4.31. The largest absolute Gasteiger partial charge is 0.399 e. The van der Waals surface area contributed by atoms with Crippen molar-refractivity contribution in [3.8, 4) is 0 Å². The summed E-state index contributed by atoms with van der Waals surface area (Å²) in [5.41, 5.74) is 16.8. The third-order valence-electron chi connectivity index (χ3n) is 3.44. The maximum Gasteiger partial charge on any atom is 0.0633 e. The quantitative estimate of drug-likeness (QED) is 0.828. The SMILES string of the molecule is Nc1ccc(C2=CC(=Cc3ccccn3)C(N)C=C2)cc1. The van der Waals surface area contributed by atoms with Gasteiger partial charge in [0.1, 0.15) is 0 Å². The third kappa shape index (κ3) is 3.09. The van der Waals surface area contributed by atoms with Crippen LogP contribution in [0, 0.1) is 0 Å². The Morgan fingerprint density at radius 2 is 1.86 bits per heavy atom. The van der Waals surface area contributed by atoms with Gasteiger partial charge in [0.05, 0.1) is 5.69 Å². The van der Waals surface area contributed by atoms with Gasteiger partial charge in [-0.1, -0.05) is 30.4 Å². The molecule has 0 saturated carbocycles. The molecule has 0 radical (unpaired) electrons. The summed E-state index contributed by atoms with van der Waals surface area (Å²) in [5.74, 6) is 0. The van der Waals surface area contributed by atoms with E-state index in [4.69, 9.17) is 11.5 Å². The van der Waals surface area contributed by atoms with Crippen molar-refractivity contribution in [3.05, 3.63) is 83.7 Å². The van der Waals surface area contributed by atoms with E-state index in [0.29, 0.717) is 0 Å². The summed E-state index contributed by atoms with van der Waals surface area (Å²) in [6.07, 6.45) is 9.95. The van der Waals surface area contributed by atoms with Crippen molar-refractivity contribution in [3.63, 3.8) is 0 Å². The molecule has 104 valence electrons. The summed E-state index contributed by atoms with van der Waals surface area (Å²) in [6.45, 7) is 0. The van der Waals surface area contributed by atoms with Gasteiger partial charge in [-0.3, -0.25) is 4.98 Å². The van der Waals surface area contributed by atoms with Crippen molar-refractivity contribution in [2.24, 2.45) is 5.73 Å². The molecule has 4 N–H and O–H groups in total. The molecular weight excluding hydrogens is 258 g/mol. The maximum absolute atomic E-state index is 6.14. The van der Waals surface area contributed by atoms with Gasteiger partial charge >= 0.3 is 0 Å². The molecule has 1 unspecified atom stereocenters. The summed E-state index contributed by atoms with van der Waals surface area (Å²) >= 11 is 0. The molecule has 1 aliphatic rings. The van der Waals surface area contributed by atoms with E-state index in [1.54, 1.807) is 6.20 Å². The highest BCUT2D eigenvalue weighted by Gasteiger charge is 2.11. The number of aromatic nitrogens is 1. The Balaban J connectivity index is 1.96. The zero-order valence-electron chi connectivity index (χ0n) is 11.6. The lowest BCUT2D eigenvalue weighted by Gasteiger charge is -2.16. The Hall–Kier alpha value is -2.65. The number of anilines is 1. The first-order valence-electron chi connectivity index (χ1n) is 6.86. The van der Waals surface area contributed by atoms with Crippen LogP contribution in [0.3, 0.4) is 0 Å². The van der Waals surface area contributed by atoms with Crippen LogP contribution in [-0.2, 0) is 0 Å². The van der Waals surface area contributed by atoms with Crippen LogP contribution < -0.4 is 11.5 Å². The second-order valence-corrected chi connectivity index (χ2v) is 5.01. The van der Waals surface area contributed by atoms with Gasteiger partial charge in [-0.2, -0.15) is 0 Å². The summed E-state index contributed by atoms with van der Waals surface area (Å²) in [5, 5.41) is 0. The van der Waals surface area contributed by atoms with E-state index in [9.17, 15) is 0 Å². The minimum Gasteiger partial charge on any atom is -0.399 e. The fraction of sp³-hybridized carbons (Fsp3) is 0.0556. The zero-order chi connectivity index (χ0) is 14.7.